The van der Waals surface area contributed by atoms with Crippen molar-refractivity contribution < 1.29 is 0 Å². The molecule has 0 amide bonds. The average Bonchev–Trinajstić information content (AvgIpc) is 2.64. The number of nitrogens with one attached hydrogen (secondary N) is 1. The molecule has 0 fully saturated rings. The Labute approximate surface area is 114 Å². The topological polar surface area (TPSA) is 24.9 Å². The summed E-state index contributed by atoms with van der Waals surface area (Å²) in [5.74, 6) is 1.06. The molecule has 1 aromatic heterocycles. The van der Waals surface area contributed by atoms with E-state index in [9.17, 15) is 0 Å². The maximum absolute atomic E-state index is 4.65. The second-order valence-electron chi connectivity index (χ2n) is 4.68. The molecule has 2 nitrogen and oxygen atoms in total. The minimum absolute atomic E-state index is 0.537. The lowest BCUT2D eigenvalue weighted by Crippen LogP contribution is -2.21. The van der Waals surface area contributed by atoms with Crippen LogP contribution in [0.25, 0.3) is 0 Å². The van der Waals surface area contributed by atoms with Gasteiger partial charge in [0.05, 0.1) is 5.69 Å². The highest BCUT2D eigenvalue weighted by Gasteiger charge is 2.09. The standard InChI is InChI=1S/C13H24N2S2/c1-6-10(4)16-8-13-15-11(5)12(17-13)7-14-9(2)3/h9-10,14H,6-8H2,1-5H3. The molecule has 98 valence electrons. The summed E-state index contributed by atoms with van der Waals surface area (Å²) in [6.45, 7) is 11.9. The van der Waals surface area contributed by atoms with Crippen LogP contribution in [0.15, 0.2) is 0 Å². The Bertz CT molecular complexity index is 334. The van der Waals surface area contributed by atoms with Gasteiger partial charge in [0.15, 0.2) is 0 Å². The largest absolute Gasteiger partial charge is 0.310 e. The first-order valence-corrected chi connectivity index (χ1v) is 8.19. The monoisotopic (exact) mass is 272 g/mol. The zero-order chi connectivity index (χ0) is 12.8. The van der Waals surface area contributed by atoms with E-state index >= 15 is 0 Å². The predicted octanol–water partition coefficient (Wildman–Crippen LogP) is 3.98. The van der Waals surface area contributed by atoms with Crippen LogP contribution in [-0.2, 0) is 12.3 Å². The van der Waals surface area contributed by atoms with E-state index in [4.69, 9.17) is 0 Å². The van der Waals surface area contributed by atoms with Crippen LogP contribution in [0.2, 0.25) is 0 Å². The molecule has 1 aromatic rings. The number of nitrogens with zero attached hydrogens (tertiary/aromatic N) is 1. The molecule has 4 heteroatoms. The van der Waals surface area contributed by atoms with Crippen molar-refractivity contribution in [1.29, 1.82) is 0 Å². The zero-order valence-corrected chi connectivity index (χ0v) is 13.2. The molecule has 1 heterocycles. The molecule has 0 spiro atoms. The Hall–Kier alpha value is -0.0600. The minimum Gasteiger partial charge on any atom is -0.310 e. The van der Waals surface area contributed by atoms with E-state index < -0.39 is 0 Å². The van der Waals surface area contributed by atoms with E-state index in [-0.39, 0.29) is 0 Å². The second-order valence-corrected chi connectivity index (χ2v) is 7.28. The number of rotatable bonds is 7. The number of hydrogen-bond donors (Lipinski definition) is 1. The van der Waals surface area contributed by atoms with Gasteiger partial charge in [0.2, 0.25) is 0 Å². The molecule has 0 aliphatic carbocycles. The molecule has 0 saturated heterocycles. The van der Waals surface area contributed by atoms with Crippen molar-refractivity contribution in [1.82, 2.24) is 10.3 Å². The van der Waals surface area contributed by atoms with Gasteiger partial charge in [-0.25, -0.2) is 4.98 Å². The average molecular weight is 272 g/mol. The molecule has 1 N–H and O–H groups in total. The Morgan fingerprint density at radius 2 is 2.06 bits per heavy atom. The fourth-order valence-electron chi connectivity index (χ4n) is 1.34. The third-order valence-electron chi connectivity index (χ3n) is 2.67. The quantitative estimate of drug-likeness (QED) is 0.812. The van der Waals surface area contributed by atoms with Crippen molar-refractivity contribution in [2.45, 2.75) is 64.6 Å². The molecule has 1 atom stereocenters. The van der Waals surface area contributed by atoms with E-state index in [1.807, 2.05) is 23.1 Å². The van der Waals surface area contributed by atoms with Gasteiger partial charge in [-0.05, 0) is 13.3 Å². The SMILES string of the molecule is CCC(C)SCc1nc(C)c(CNC(C)C)s1. The van der Waals surface area contributed by atoms with E-state index in [2.05, 4.69) is 44.9 Å². The van der Waals surface area contributed by atoms with Crippen molar-refractivity contribution in [2.24, 2.45) is 0 Å². The molecule has 0 aliphatic heterocycles. The maximum Gasteiger partial charge on any atom is 0.103 e. The Morgan fingerprint density at radius 1 is 1.35 bits per heavy atom. The minimum atomic E-state index is 0.537. The van der Waals surface area contributed by atoms with Gasteiger partial charge < -0.3 is 5.32 Å². The normalized spacial score (nSPS) is 13.3. The summed E-state index contributed by atoms with van der Waals surface area (Å²) >= 11 is 3.86. The summed E-state index contributed by atoms with van der Waals surface area (Å²) in [6, 6.07) is 0.537. The lowest BCUT2D eigenvalue weighted by atomic mass is 10.3. The fraction of sp³-hybridized carbons (Fsp3) is 0.769. The van der Waals surface area contributed by atoms with Crippen molar-refractivity contribution in [3.05, 3.63) is 15.6 Å². The van der Waals surface area contributed by atoms with Gasteiger partial charge >= 0.3 is 0 Å². The summed E-state index contributed by atoms with van der Waals surface area (Å²) in [6.07, 6.45) is 1.23. The fourth-order valence-corrected chi connectivity index (χ4v) is 3.33. The van der Waals surface area contributed by atoms with Crippen LogP contribution in [0.1, 0.15) is 49.7 Å². The molecular weight excluding hydrogens is 248 g/mol. The van der Waals surface area contributed by atoms with Gasteiger partial charge in [-0.15, -0.1) is 11.3 Å². The first-order chi connectivity index (χ1) is 8.02. The molecule has 0 aromatic carbocycles. The van der Waals surface area contributed by atoms with Crippen LogP contribution in [0.4, 0.5) is 0 Å². The van der Waals surface area contributed by atoms with Crippen LogP contribution in [-0.4, -0.2) is 16.3 Å². The third-order valence-corrected chi connectivity index (χ3v) is 5.36. The number of thiazole rings is 1. The van der Waals surface area contributed by atoms with Crippen LogP contribution in [0.5, 0.6) is 0 Å². The molecule has 0 aliphatic rings. The van der Waals surface area contributed by atoms with E-state index in [1.165, 1.54) is 22.0 Å². The summed E-state index contributed by atoms with van der Waals surface area (Å²) in [7, 11) is 0. The lowest BCUT2D eigenvalue weighted by Gasteiger charge is -2.06. The van der Waals surface area contributed by atoms with Crippen molar-refractivity contribution in [2.75, 3.05) is 0 Å². The summed E-state index contributed by atoms with van der Waals surface area (Å²) < 4.78 is 0. The lowest BCUT2D eigenvalue weighted by molar-refractivity contribution is 0.591. The molecule has 0 bridgehead atoms. The van der Waals surface area contributed by atoms with Crippen molar-refractivity contribution in [3.8, 4) is 0 Å². The Morgan fingerprint density at radius 3 is 2.65 bits per heavy atom. The highest BCUT2D eigenvalue weighted by atomic mass is 32.2. The number of aryl methyl sites for hydroxylation is 1. The van der Waals surface area contributed by atoms with Gasteiger partial charge in [0.1, 0.15) is 5.01 Å². The summed E-state index contributed by atoms with van der Waals surface area (Å²) in [4.78, 5) is 6.04. The van der Waals surface area contributed by atoms with Gasteiger partial charge in [0, 0.05) is 28.5 Å². The van der Waals surface area contributed by atoms with Crippen molar-refractivity contribution in [3.63, 3.8) is 0 Å². The highest BCUT2D eigenvalue weighted by molar-refractivity contribution is 7.99. The van der Waals surface area contributed by atoms with Gasteiger partial charge in [-0.1, -0.05) is 27.7 Å². The first-order valence-electron chi connectivity index (χ1n) is 6.33. The van der Waals surface area contributed by atoms with Crippen molar-refractivity contribution >= 4 is 23.1 Å². The molecule has 0 saturated carbocycles. The molecular formula is C13H24N2S2. The predicted molar refractivity (Wildman–Crippen MR) is 79.9 cm³/mol. The number of thioether (sulfide) groups is 1. The van der Waals surface area contributed by atoms with E-state index in [0.29, 0.717) is 6.04 Å². The maximum atomic E-state index is 4.65. The summed E-state index contributed by atoms with van der Waals surface area (Å²) in [5, 5.41) is 5.46. The van der Waals surface area contributed by atoms with Gasteiger partial charge in [-0.2, -0.15) is 11.8 Å². The molecule has 1 rings (SSSR count). The van der Waals surface area contributed by atoms with Gasteiger partial charge in [-0.3, -0.25) is 0 Å². The molecule has 1 unspecified atom stereocenters. The van der Waals surface area contributed by atoms with Crippen LogP contribution in [0.3, 0.4) is 0 Å². The third kappa shape index (κ3) is 5.40. The van der Waals surface area contributed by atoms with Crippen LogP contribution in [0, 0.1) is 6.92 Å². The Kier molecular flexibility index (Phi) is 6.52. The summed E-state index contributed by atoms with van der Waals surface area (Å²) in [5.41, 5.74) is 1.20. The number of aromatic nitrogens is 1. The molecule has 0 radical (unpaired) electrons. The van der Waals surface area contributed by atoms with E-state index in [0.717, 1.165) is 17.5 Å². The zero-order valence-electron chi connectivity index (χ0n) is 11.5. The highest BCUT2D eigenvalue weighted by Crippen LogP contribution is 2.25. The van der Waals surface area contributed by atoms with Gasteiger partial charge in [0.25, 0.3) is 0 Å². The second kappa shape index (κ2) is 7.39. The smallest absolute Gasteiger partial charge is 0.103 e. The van der Waals surface area contributed by atoms with E-state index in [1.54, 1.807) is 0 Å². The first kappa shape index (κ1) is 15.0. The van der Waals surface area contributed by atoms with Crippen LogP contribution < -0.4 is 5.32 Å². The van der Waals surface area contributed by atoms with Crippen LogP contribution >= 0.6 is 23.1 Å². The number of hydrogen-bond acceptors (Lipinski definition) is 4. The molecule has 17 heavy (non-hydrogen) atoms. The Balaban J connectivity index is 2.49.